The van der Waals surface area contributed by atoms with Gasteiger partial charge in [0.05, 0.1) is 11.7 Å². The third kappa shape index (κ3) is 3.30. The molecule has 1 fully saturated rings. The van der Waals surface area contributed by atoms with Crippen LogP contribution in [0.5, 0.6) is 0 Å². The molecule has 112 valence electrons. The summed E-state index contributed by atoms with van der Waals surface area (Å²) in [5.41, 5.74) is 2.29. The summed E-state index contributed by atoms with van der Waals surface area (Å²) in [6, 6.07) is 10.5. The van der Waals surface area contributed by atoms with Crippen LogP contribution in [0, 0.1) is 0 Å². The number of nitrogens with zero attached hydrogens (tertiary/aromatic N) is 2. The average Bonchev–Trinajstić information content (AvgIpc) is 3.06. The summed E-state index contributed by atoms with van der Waals surface area (Å²) < 4.78 is 5.58. The van der Waals surface area contributed by atoms with E-state index in [4.69, 9.17) is 16.1 Å². The molecule has 1 aliphatic heterocycles. The lowest BCUT2D eigenvalue weighted by Gasteiger charge is -2.22. The summed E-state index contributed by atoms with van der Waals surface area (Å²) in [6.07, 6.45) is 2.33. The minimum absolute atomic E-state index is 0.337. The van der Waals surface area contributed by atoms with E-state index in [1.807, 2.05) is 18.2 Å². The van der Waals surface area contributed by atoms with E-state index in [0.717, 1.165) is 36.0 Å². The van der Waals surface area contributed by atoms with Gasteiger partial charge in [-0.15, -0.1) is 0 Å². The van der Waals surface area contributed by atoms with Gasteiger partial charge in [-0.2, -0.15) is 0 Å². The lowest BCUT2D eigenvalue weighted by Crippen LogP contribution is -2.22. The number of halogens is 1. The second-order valence-corrected chi connectivity index (χ2v) is 6.50. The minimum atomic E-state index is 0.337. The maximum Gasteiger partial charge on any atom is 0.154 e. The molecule has 0 N–H and O–H groups in total. The van der Waals surface area contributed by atoms with Crippen molar-refractivity contribution in [3.05, 3.63) is 52.4 Å². The van der Waals surface area contributed by atoms with Gasteiger partial charge < -0.3 is 4.52 Å². The molecule has 1 aliphatic rings. The Morgan fingerprint density at radius 2 is 2.24 bits per heavy atom. The Morgan fingerprint density at radius 1 is 1.38 bits per heavy atom. The normalized spacial score (nSPS) is 19.5. The first-order valence-electron chi connectivity index (χ1n) is 7.58. The quantitative estimate of drug-likeness (QED) is 0.813. The molecule has 1 atom stereocenters. The Labute approximate surface area is 130 Å². The van der Waals surface area contributed by atoms with Gasteiger partial charge in [-0.05, 0) is 43.0 Å². The molecule has 2 aromatic rings. The first kappa shape index (κ1) is 14.6. The lowest BCUT2D eigenvalue weighted by atomic mass is 10.1. The third-order valence-electron chi connectivity index (χ3n) is 4.10. The van der Waals surface area contributed by atoms with Crippen molar-refractivity contribution in [3.63, 3.8) is 0 Å². The predicted octanol–water partition coefficient (Wildman–Crippen LogP) is 4.79. The minimum Gasteiger partial charge on any atom is -0.359 e. The number of likely N-dealkylation sites (tertiary alicyclic amines) is 1. The first-order chi connectivity index (χ1) is 10.1. The van der Waals surface area contributed by atoms with Crippen molar-refractivity contribution >= 4 is 11.6 Å². The Balaban J connectivity index is 1.75. The van der Waals surface area contributed by atoms with Crippen molar-refractivity contribution < 1.29 is 4.52 Å². The molecule has 0 saturated carbocycles. The predicted molar refractivity (Wildman–Crippen MR) is 84.4 cm³/mol. The number of benzene rings is 1. The van der Waals surface area contributed by atoms with E-state index in [0.29, 0.717) is 12.0 Å². The number of rotatable bonds is 4. The summed E-state index contributed by atoms with van der Waals surface area (Å²) in [5.74, 6) is 1.41. The molecule has 3 nitrogen and oxygen atoms in total. The SMILES string of the molecule is CC(C)c1cc(C2CCCN2Cc2cccc(Cl)c2)on1. The van der Waals surface area contributed by atoms with E-state index in [1.165, 1.54) is 12.0 Å². The molecule has 0 amide bonds. The van der Waals surface area contributed by atoms with Crippen LogP contribution >= 0.6 is 11.6 Å². The van der Waals surface area contributed by atoms with E-state index in [1.54, 1.807) is 0 Å². The van der Waals surface area contributed by atoms with Crippen LogP contribution < -0.4 is 0 Å². The fourth-order valence-corrected chi connectivity index (χ4v) is 3.15. The Bertz CT molecular complexity index is 608. The molecule has 1 unspecified atom stereocenters. The van der Waals surface area contributed by atoms with Gasteiger partial charge in [-0.1, -0.05) is 42.7 Å². The van der Waals surface area contributed by atoms with Gasteiger partial charge in [-0.25, -0.2) is 0 Å². The van der Waals surface area contributed by atoms with Crippen molar-refractivity contribution in [3.8, 4) is 0 Å². The van der Waals surface area contributed by atoms with Crippen molar-refractivity contribution in [2.24, 2.45) is 0 Å². The molecular formula is C17H21ClN2O. The molecule has 1 aromatic heterocycles. The highest BCUT2D eigenvalue weighted by Crippen LogP contribution is 2.34. The second kappa shape index (κ2) is 6.20. The van der Waals surface area contributed by atoms with Crippen LogP contribution in [0.2, 0.25) is 5.02 Å². The van der Waals surface area contributed by atoms with Gasteiger partial charge in [0.25, 0.3) is 0 Å². The molecule has 2 heterocycles. The molecule has 0 bridgehead atoms. The summed E-state index contributed by atoms with van der Waals surface area (Å²) in [7, 11) is 0. The second-order valence-electron chi connectivity index (χ2n) is 6.07. The highest BCUT2D eigenvalue weighted by atomic mass is 35.5. The molecule has 0 radical (unpaired) electrons. The van der Waals surface area contributed by atoms with Gasteiger partial charge in [0.15, 0.2) is 5.76 Å². The van der Waals surface area contributed by atoms with Gasteiger partial charge in [0.1, 0.15) is 0 Å². The van der Waals surface area contributed by atoms with E-state index in [9.17, 15) is 0 Å². The van der Waals surface area contributed by atoms with Gasteiger partial charge >= 0.3 is 0 Å². The standard InChI is InChI=1S/C17H21ClN2O/c1-12(2)15-10-17(21-19-15)16-7-4-8-20(16)11-13-5-3-6-14(18)9-13/h3,5-6,9-10,12,16H,4,7-8,11H2,1-2H3. The van der Waals surface area contributed by atoms with Crippen LogP contribution in [0.15, 0.2) is 34.9 Å². The highest BCUT2D eigenvalue weighted by Gasteiger charge is 2.29. The van der Waals surface area contributed by atoms with Crippen LogP contribution in [0.4, 0.5) is 0 Å². The average molecular weight is 305 g/mol. The fourth-order valence-electron chi connectivity index (χ4n) is 2.94. The summed E-state index contributed by atoms with van der Waals surface area (Å²) in [4.78, 5) is 2.45. The molecule has 0 spiro atoms. The van der Waals surface area contributed by atoms with Gasteiger partial charge in [0, 0.05) is 17.6 Å². The van der Waals surface area contributed by atoms with E-state index < -0.39 is 0 Å². The van der Waals surface area contributed by atoms with Crippen molar-refractivity contribution in [2.45, 2.75) is 45.2 Å². The molecule has 0 aliphatic carbocycles. The monoisotopic (exact) mass is 304 g/mol. The van der Waals surface area contributed by atoms with Crippen molar-refractivity contribution in [2.75, 3.05) is 6.54 Å². The lowest BCUT2D eigenvalue weighted by molar-refractivity contribution is 0.206. The molecular weight excluding hydrogens is 284 g/mol. The molecule has 1 aromatic carbocycles. The van der Waals surface area contributed by atoms with Crippen LogP contribution in [0.1, 0.15) is 55.7 Å². The van der Waals surface area contributed by atoms with E-state index in [-0.39, 0.29) is 0 Å². The van der Waals surface area contributed by atoms with Crippen LogP contribution in [0.25, 0.3) is 0 Å². The zero-order valence-corrected chi connectivity index (χ0v) is 13.3. The van der Waals surface area contributed by atoms with E-state index in [2.05, 4.69) is 36.0 Å². The number of hydrogen-bond acceptors (Lipinski definition) is 3. The maximum atomic E-state index is 6.07. The summed E-state index contributed by atoms with van der Waals surface area (Å²) in [5, 5.41) is 4.99. The summed E-state index contributed by atoms with van der Waals surface area (Å²) >= 11 is 6.07. The molecule has 3 rings (SSSR count). The summed E-state index contributed by atoms with van der Waals surface area (Å²) in [6.45, 7) is 6.28. The molecule has 21 heavy (non-hydrogen) atoms. The molecule has 4 heteroatoms. The third-order valence-corrected chi connectivity index (χ3v) is 4.34. The largest absolute Gasteiger partial charge is 0.359 e. The molecule has 1 saturated heterocycles. The van der Waals surface area contributed by atoms with Crippen LogP contribution in [-0.2, 0) is 6.54 Å². The topological polar surface area (TPSA) is 29.3 Å². The smallest absolute Gasteiger partial charge is 0.154 e. The van der Waals surface area contributed by atoms with Gasteiger partial charge in [0.2, 0.25) is 0 Å². The van der Waals surface area contributed by atoms with E-state index >= 15 is 0 Å². The Morgan fingerprint density at radius 3 is 2.95 bits per heavy atom. The Hall–Kier alpha value is -1.32. The van der Waals surface area contributed by atoms with Crippen LogP contribution in [-0.4, -0.2) is 16.6 Å². The number of aromatic nitrogens is 1. The maximum absolute atomic E-state index is 6.07. The fraction of sp³-hybridized carbons (Fsp3) is 0.471. The zero-order chi connectivity index (χ0) is 14.8. The Kier molecular flexibility index (Phi) is 4.32. The zero-order valence-electron chi connectivity index (χ0n) is 12.6. The first-order valence-corrected chi connectivity index (χ1v) is 7.96. The van der Waals surface area contributed by atoms with Crippen LogP contribution in [0.3, 0.4) is 0 Å². The van der Waals surface area contributed by atoms with Crippen molar-refractivity contribution in [1.29, 1.82) is 0 Å². The van der Waals surface area contributed by atoms with Gasteiger partial charge in [-0.3, -0.25) is 4.90 Å². The highest BCUT2D eigenvalue weighted by molar-refractivity contribution is 6.30. The van der Waals surface area contributed by atoms with Crippen molar-refractivity contribution in [1.82, 2.24) is 10.1 Å². The number of hydrogen-bond donors (Lipinski definition) is 0.